The van der Waals surface area contributed by atoms with Gasteiger partial charge in [0, 0.05) is 58.8 Å². The maximum atomic E-state index is 16.0. The molecule has 1 aromatic carbocycles. The minimum atomic E-state index is -4.33. The number of rotatable bonds is 16. The lowest BCUT2D eigenvalue weighted by Crippen LogP contribution is -2.30. The van der Waals surface area contributed by atoms with Crippen molar-refractivity contribution < 1.29 is 54.8 Å². The number of hydrogen-bond donors (Lipinski definition) is 3. The third-order valence-electron chi connectivity index (χ3n) is 10.7. The number of allylic oxidation sites excluding steroid dienone is 3. The average molecular weight is 847 g/mol. The Bertz CT molecular complexity index is 2390. The summed E-state index contributed by atoms with van der Waals surface area (Å²) in [6.07, 6.45) is 5.89. The van der Waals surface area contributed by atoms with Crippen molar-refractivity contribution in [3.63, 3.8) is 0 Å². The molecule has 1 aromatic heterocycles. The van der Waals surface area contributed by atoms with Gasteiger partial charge in [-0.05, 0) is 70.2 Å². The van der Waals surface area contributed by atoms with Gasteiger partial charge < -0.3 is 24.4 Å². The van der Waals surface area contributed by atoms with Crippen molar-refractivity contribution in [3.05, 3.63) is 99.8 Å². The molecule has 0 radical (unpaired) electrons. The highest BCUT2D eigenvalue weighted by atomic mass is 32.2. The number of benzene rings is 2. The van der Waals surface area contributed by atoms with Crippen LogP contribution in [0.1, 0.15) is 103 Å². The minimum Gasteiger partial charge on any atom is -0.492 e. The monoisotopic (exact) mass is 846 g/mol. The first-order chi connectivity index (χ1) is 27.7. The van der Waals surface area contributed by atoms with Gasteiger partial charge in [0.1, 0.15) is 24.6 Å². The second kappa shape index (κ2) is 18.0. The van der Waals surface area contributed by atoms with Crippen LogP contribution in [0.5, 0.6) is 11.8 Å². The largest absolute Gasteiger partial charge is 0.492 e. The maximum Gasteiger partial charge on any atom is 0.333 e. The van der Waals surface area contributed by atoms with Crippen LogP contribution in [0.4, 0.5) is 23.2 Å². The molecule has 5 rings (SSSR count). The van der Waals surface area contributed by atoms with Crippen LogP contribution in [0.3, 0.4) is 0 Å². The fraction of sp³-hybridized carbons (Fsp3) is 0.442. The molecular weight excluding hydrogens is 795 g/mol. The van der Waals surface area contributed by atoms with Crippen molar-refractivity contribution in [1.82, 2.24) is 9.31 Å². The molecular formula is C43H52F4N3O8S+. The van der Waals surface area contributed by atoms with Crippen molar-refractivity contribution in [1.29, 1.82) is 0 Å². The molecule has 1 atom stereocenters. The van der Waals surface area contributed by atoms with Gasteiger partial charge >= 0.3 is 5.97 Å². The summed E-state index contributed by atoms with van der Waals surface area (Å²) in [5.74, 6) is -8.06. The van der Waals surface area contributed by atoms with Crippen molar-refractivity contribution in [2.24, 2.45) is 0 Å². The van der Waals surface area contributed by atoms with Crippen LogP contribution in [0.25, 0.3) is 17.4 Å². The zero-order valence-corrected chi connectivity index (χ0v) is 34.9. The molecule has 0 bridgehead atoms. The number of anilines is 1. The lowest BCUT2D eigenvalue weighted by atomic mass is 9.76. The first kappa shape index (κ1) is 45.0. The zero-order chi connectivity index (χ0) is 43.4. The number of unbranched alkanes of at least 4 members (excludes halogenated alkanes) is 3. The van der Waals surface area contributed by atoms with E-state index in [0.29, 0.717) is 28.4 Å². The van der Waals surface area contributed by atoms with Crippen molar-refractivity contribution in [2.45, 2.75) is 97.3 Å². The number of carbonyl (C=O) groups is 1. The zero-order valence-electron chi connectivity index (χ0n) is 34.1. The molecule has 3 aliphatic rings. The maximum absolute atomic E-state index is 16.0. The highest BCUT2D eigenvalue weighted by Gasteiger charge is 2.49. The number of aromatic nitrogens is 1. The molecule has 0 saturated carbocycles. The number of hydrogen-bond acceptors (Lipinski definition) is 8. The minimum absolute atomic E-state index is 0.0155. The molecule has 320 valence electrons. The lowest BCUT2D eigenvalue weighted by Gasteiger charge is -2.30. The Balaban J connectivity index is 1.55. The topological polar surface area (TPSA) is 145 Å². The summed E-state index contributed by atoms with van der Waals surface area (Å²) >= 11 is 0. The predicted octanol–water partition coefficient (Wildman–Crippen LogP) is 8.21. The number of carbonyl (C=O) groups excluding carboxylic acids is 1. The van der Waals surface area contributed by atoms with Crippen LogP contribution in [-0.2, 0) is 25.7 Å². The van der Waals surface area contributed by atoms with Crippen LogP contribution >= 0.6 is 0 Å². The molecule has 0 saturated heterocycles. The quantitative estimate of drug-likeness (QED) is 0.0254. The molecule has 59 heavy (non-hydrogen) atoms. The molecule has 1 unspecified atom stereocenters. The summed E-state index contributed by atoms with van der Waals surface area (Å²) in [5.41, 5.74) is -0.911. The van der Waals surface area contributed by atoms with Crippen LogP contribution in [-0.4, -0.2) is 59.3 Å². The van der Waals surface area contributed by atoms with Gasteiger partial charge in [0.2, 0.25) is 17.1 Å². The average Bonchev–Trinajstić information content (AvgIpc) is 3.61. The third-order valence-corrected chi connectivity index (χ3v) is 11.5. The molecule has 11 nitrogen and oxygen atoms in total. The highest BCUT2D eigenvalue weighted by molar-refractivity contribution is 7.85. The standard InChI is InChI=1S/C43H51F4N3O8S/c1-7-48(8-2)28-18-19-29-27(25-32(42(3,4)5)57-30(29)26-28)15-14-16-31-43(6,22-11-13-24-59(54,55)56)36-37(44)38(45)39(46)40(47)41(36)49(31)23-12-9-10-17-35(53)58-50-33(51)20-21-34(50)52/h14-16,18-21,25-26H,7-13,17,22-24H2,1-6H3,(H2-,51,52,54,55,56)/p+1. The molecule has 3 heterocycles. The smallest absolute Gasteiger partial charge is 0.333 e. The summed E-state index contributed by atoms with van der Waals surface area (Å²) in [4.78, 5) is 18.8. The van der Waals surface area contributed by atoms with E-state index in [9.17, 15) is 28.0 Å². The van der Waals surface area contributed by atoms with Crippen LogP contribution in [0, 0.1) is 23.3 Å². The van der Waals surface area contributed by atoms with E-state index in [2.05, 4.69) is 18.4 Å². The van der Waals surface area contributed by atoms with Gasteiger partial charge in [0.25, 0.3) is 10.1 Å². The summed E-state index contributed by atoms with van der Waals surface area (Å²) in [5, 5.41) is 20.5. The van der Waals surface area contributed by atoms with Gasteiger partial charge in [0.15, 0.2) is 23.3 Å². The predicted molar refractivity (Wildman–Crippen MR) is 217 cm³/mol. The third kappa shape index (κ3) is 9.86. The molecule has 16 heteroatoms. The van der Waals surface area contributed by atoms with E-state index in [1.54, 1.807) is 19.1 Å². The summed E-state index contributed by atoms with van der Waals surface area (Å²) in [6.45, 7) is 13.3. The van der Waals surface area contributed by atoms with Gasteiger partial charge in [-0.1, -0.05) is 45.8 Å². The molecule has 0 amide bonds. The van der Waals surface area contributed by atoms with E-state index in [4.69, 9.17) is 9.25 Å². The van der Waals surface area contributed by atoms with Gasteiger partial charge in [-0.15, -0.1) is 4.73 Å². The Hall–Kier alpha value is -5.09. The van der Waals surface area contributed by atoms with Crippen molar-refractivity contribution in [3.8, 4) is 23.1 Å². The van der Waals surface area contributed by atoms with E-state index < -0.39 is 73.5 Å². The van der Waals surface area contributed by atoms with Gasteiger partial charge in [0.05, 0.1) is 17.5 Å². The van der Waals surface area contributed by atoms with Crippen LogP contribution < -0.4 is 19.7 Å². The molecule has 2 aromatic rings. The normalized spacial score (nSPS) is 16.5. The molecule has 2 aliphatic heterocycles. The van der Waals surface area contributed by atoms with E-state index >= 15 is 17.6 Å². The second-order valence-electron chi connectivity index (χ2n) is 15.9. The molecule has 0 fully saturated rings. The van der Waals surface area contributed by atoms with Crippen LogP contribution in [0.15, 0.2) is 58.7 Å². The molecule has 1 aliphatic carbocycles. The van der Waals surface area contributed by atoms with Gasteiger partial charge in [-0.25, -0.2) is 26.9 Å². The lowest BCUT2D eigenvalue weighted by molar-refractivity contribution is -0.145. The van der Waals surface area contributed by atoms with E-state index in [1.165, 1.54) is 4.90 Å². The first-order valence-electron chi connectivity index (χ1n) is 19.7. The van der Waals surface area contributed by atoms with Crippen molar-refractivity contribution >= 4 is 27.9 Å². The summed E-state index contributed by atoms with van der Waals surface area (Å²) in [6, 6.07) is 10.1. The van der Waals surface area contributed by atoms with E-state index in [1.807, 2.05) is 51.1 Å². The number of halogens is 4. The van der Waals surface area contributed by atoms with Crippen LogP contribution in [0.2, 0.25) is 0 Å². The Morgan fingerprint density at radius 3 is 2.20 bits per heavy atom. The highest BCUT2D eigenvalue weighted by Crippen LogP contribution is 2.54. The number of fused-ring (bicyclic) bond motifs is 2. The Morgan fingerprint density at radius 2 is 1.58 bits per heavy atom. The summed E-state index contributed by atoms with van der Waals surface area (Å²) in [7, 11) is -4.33. The van der Waals surface area contributed by atoms with Gasteiger partial charge in [-0.3, -0.25) is 4.55 Å². The Morgan fingerprint density at radius 1 is 0.915 bits per heavy atom. The number of aromatic hydroxyl groups is 2. The SMILES string of the molecule is CC[N+](CC)=c1ccc2c(C=CC=C3N(CCCCCC(=O)On4c(O)ccc4O)c4c(F)c(F)c(F)c(F)c4C3(C)CCCCS(=O)(=O)O)cc(C(C)(C)C)oc-2c1. The second-order valence-corrected chi connectivity index (χ2v) is 17.5. The Labute approximate surface area is 341 Å². The summed E-state index contributed by atoms with van der Waals surface area (Å²) < 4.78 is 104. The fourth-order valence-electron chi connectivity index (χ4n) is 7.54. The van der Waals surface area contributed by atoms with Crippen molar-refractivity contribution in [2.75, 3.05) is 30.3 Å². The number of nitrogens with zero attached hydrogens (tertiary/aromatic N) is 3. The van der Waals surface area contributed by atoms with E-state index in [0.717, 1.165) is 41.7 Å². The fourth-order valence-corrected chi connectivity index (χ4v) is 8.11. The first-order valence-corrected chi connectivity index (χ1v) is 21.3. The van der Waals surface area contributed by atoms with E-state index in [-0.39, 0.29) is 50.5 Å². The molecule has 0 spiro atoms. The Kier molecular flexibility index (Phi) is 13.8. The van der Waals surface area contributed by atoms with Gasteiger partial charge in [-0.2, -0.15) is 8.42 Å². The molecule has 3 N–H and O–H groups in total.